The fraction of sp³-hybridized carbons (Fsp3) is 0.611. The van der Waals surface area contributed by atoms with Crippen LogP contribution < -0.4 is 15.4 Å². The lowest BCUT2D eigenvalue weighted by Crippen LogP contribution is -2.40. The van der Waals surface area contributed by atoms with Gasteiger partial charge in [-0.05, 0) is 44.5 Å². The zero-order valence-corrected chi connectivity index (χ0v) is 17.6. The van der Waals surface area contributed by atoms with Crippen molar-refractivity contribution in [2.45, 2.75) is 37.1 Å². The Morgan fingerprint density at radius 1 is 1.36 bits per heavy atom. The monoisotopic (exact) mass is 433 g/mol. The van der Waals surface area contributed by atoms with Crippen molar-refractivity contribution in [1.29, 1.82) is 0 Å². The average molecular weight is 434 g/mol. The summed E-state index contributed by atoms with van der Waals surface area (Å²) >= 11 is 0. The van der Waals surface area contributed by atoms with E-state index in [4.69, 9.17) is 9.47 Å². The molecule has 8 nitrogen and oxygen atoms in total. The van der Waals surface area contributed by atoms with E-state index in [1.807, 2.05) is 6.92 Å². The second kappa shape index (κ2) is 10.4. The van der Waals surface area contributed by atoms with E-state index < -0.39 is 10.0 Å². The molecule has 1 aromatic carbocycles. The fourth-order valence-corrected chi connectivity index (χ4v) is 4.78. The molecule has 0 spiro atoms. The van der Waals surface area contributed by atoms with Gasteiger partial charge in [-0.2, -0.15) is 4.31 Å². The molecule has 2 fully saturated rings. The normalized spacial score (nSPS) is 20.4. The second-order valence-electron chi connectivity index (χ2n) is 6.65. The third-order valence-corrected chi connectivity index (χ3v) is 6.62. The van der Waals surface area contributed by atoms with Gasteiger partial charge in [0.2, 0.25) is 15.9 Å². The lowest BCUT2D eigenvalue weighted by molar-refractivity contribution is -0.116. The van der Waals surface area contributed by atoms with Gasteiger partial charge in [-0.25, -0.2) is 8.42 Å². The van der Waals surface area contributed by atoms with E-state index in [-0.39, 0.29) is 29.3 Å². The molecule has 0 radical (unpaired) electrons. The fourth-order valence-electron chi connectivity index (χ4n) is 3.34. The molecule has 1 atom stereocenters. The molecule has 0 bridgehead atoms. The molecule has 28 heavy (non-hydrogen) atoms. The number of hydrogen-bond acceptors (Lipinski definition) is 6. The summed E-state index contributed by atoms with van der Waals surface area (Å²) in [5, 5.41) is 6.11. The molecule has 1 aromatic rings. The van der Waals surface area contributed by atoms with Gasteiger partial charge in [0, 0.05) is 25.6 Å². The first-order valence-corrected chi connectivity index (χ1v) is 10.8. The molecule has 158 valence electrons. The van der Waals surface area contributed by atoms with Crippen LogP contribution in [0.2, 0.25) is 0 Å². The standard InChI is InChI=1S/C18H27N3O5S.ClH/c1-2-26-17-6-5-15(27(23,24)21-8-10-25-11-9-21)13-16(17)20-18(22)12-14-4-3-7-19-14;/h5-6,13-14,19H,2-4,7-12H2,1H3,(H,20,22);1H. The summed E-state index contributed by atoms with van der Waals surface area (Å²) in [4.78, 5) is 12.5. The number of nitrogens with zero attached hydrogens (tertiary/aromatic N) is 1. The number of halogens is 1. The number of nitrogens with one attached hydrogen (secondary N) is 2. The molecule has 2 aliphatic rings. The third-order valence-electron chi connectivity index (χ3n) is 4.73. The number of carbonyl (C=O) groups is 1. The van der Waals surface area contributed by atoms with Crippen molar-refractivity contribution in [3.8, 4) is 5.75 Å². The number of amides is 1. The van der Waals surface area contributed by atoms with Gasteiger partial charge in [-0.15, -0.1) is 12.4 Å². The van der Waals surface area contributed by atoms with Crippen molar-refractivity contribution >= 4 is 34.0 Å². The van der Waals surface area contributed by atoms with Crippen LogP contribution in [-0.2, 0) is 19.6 Å². The first kappa shape index (κ1) is 22.9. The van der Waals surface area contributed by atoms with Gasteiger partial charge in [-0.3, -0.25) is 4.79 Å². The highest BCUT2D eigenvalue weighted by atomic mass is 35.5. The molecule has 1 unspecified atom stereocenters. The molecule has 1 amide bonds. The zero-order valence-electron chi connectivity index (χ0n) is 16.0. The molecule has 0 aliphatic carbocycles. The smallest absolute Gasteiger partial charge is 0.243 e. The van der Waals surface area contributed by atoms with Gasteiger partial charge in [0.05, 0.1) is 30.4 Å². The van der Waals surface area contributed by atoms with Gasteiger partial charge in [0.15, 0.2) is 0 Å². The van der Waals surface area contributed by atoms with Crippen molar-refractivity contribution in [3.63, 3.8) is 0 Å². The minimum atomic E-state index is -3.64. The van der Waals surface area contributed by atoms with Crippen LogP contribution in [0.3, 0.4) is 0 Å². The van der Waals surface area contributed by atoms with E-state index in [9.17, 15) is 13.2 Å². The number of carbonyl (C=O) groups excluding carboxylic acids is 1. The maximum atomic E-state index is 12.9. The Hall–Kier alpha value is -1.39. The van der Waals surface area contributed by atoms with Gasteiger partial charge in [-0.1, -0.05) is 0 Å². The molecule has 2 saturated heterocycles. The van der Waals surface area contributed by atoms with Crippen LogP contribution in [0.4, 0.5) is 5.69 Å². The van der Waals surface area contributed by atoms with E-state index in [1.54, 1.807) is 6.07 Å². The highest BCUT2D eigenvalue weighted by Gasteiger charge is 2.27. The zero-order chi connectivity index (χ0) is 19.3. The minimum Gasteiger partial charge on any atom is -0.492 e. The molecule has 10 heteroatoms. The molecule has 2 heterocycles. The van der Waals surface area contributed by atoms with Crippen LogP contribution >= 0.6 is 12.4 Å². The highest BCUT2D eigenvalue weighted by molar-refractivity contribution is 7.89. The summed E-state index contributed by atoms with van der Waals surface area (Å²) in [5.41, 5.74) is 0.384. The predicted molar refractivity (Wildman–Crippen MR) is 109 cm³/mol. The molecule has 0 saturated carbocycles. The maximum Gasteiger partial charge on any atom is 0.243 e. The van der Waals surface area contributed by atoms with Gasteiger partial charge >= 0.3 is 0 Å². The summed E-state index contributed by atoms with van der Waals surface area (Å²) in [7, 11) is -3.64. The first-order valence-electron chi connectivity index (χ1n) is 9.38. The molecular weight excluding hydrogens is 406 g/mol. The lowest BCUT2D eigenvalue weighted by atomic mass is 10.1. The number of anilines is 1. The SMILES string of the molecule is CCOc1ccc(S(=O)(=O)N2CCOCC2)cc1NC(=O)CC1CCCN1.Cl. The van der Waals surface area contributed by atoms with Crippen LogP contribution in [-0.4, -0.2) is 64.1 Å². The summed E-state index contributed by atoms with van der Waals surface area (Å²) in [5.74, 6) is 0.308. The maximum absolute atomic E-state index is 12.9. The Kier molecular flexibility index (Phi) is 8.51. The molecule has 3 rings (SSSR count). The molecule has 2 N–H and O–H groups in total. The van der Waals surface area contributed by atoms with E-state index in [1.165, 1.54) is 16.4 Å². The van der Waals surface area contributed by atoms with Crippen molar-refractivity contribution in [1.82, 2.24) is 9.62 Å². The molecule has 2 aliphatic heterocycles. The topological polar surface area (TPSA) is 97.0 Å². The predicted octanol–water partition coefficient (Wildman–Crippen LogP) is 1.61. The van der Waals surface area contributed by atoms with Gasteiger partial charge in [0.25, 0.3) is 0 Å². The highest BCUT2D eigenvalue weighted by Crippen LogP contribution is 2.30. The quantitative estimate of drug-likeness (QED) is 0.678. The third kappa shape index (κ3) is 5.57. The van der Waals surface area contributed by atoms with Crippen LogP contribution in [0.25, 0.3) is 0 Å². The lowest BCUT2D eigenvalue weighted by Gasteiger charge is -2.26. The van der Waals surface area contributed by atoms with E-state index >= 15 is 0 Å². The second-order valence-corrected chi connectivity index (χ2v) is 8.59. The first-order chi connectivity index (χ1) is 13.0. The molecular formula is C18H28ClN3O5S. The Labute approximate surface area is 172 Å². The van der Waals surface area contributed by atoms with Crippen molar-refractivity contribution in [3.05, 3.63) is 18.2 Å². The Bertz CT molecular complexity index is 762. The summed E-state index contributed by atoms with van der Waals surface area (Å²) < 4.78 is 38.0. The van der Waals surface area contributed by atoms with Crippen molar-refractivity contribution < 1.29 is 22.7 Å². The van der Waals surface area contributed by atoms with Gasteiger partial charge < -0.3 is 20.1 Å². The largest absolute Gasteiger partial charge is 0.492 e. The Balaban J connectivity index is 0.00000280. The van der Waals surface area contributed by atoms with Crippen molar-refractivity contribution in [2.75, 3.05) is 44.8 Å². The van der Waals surface area contributed by atoms with Crippen LogP contribution in [0.5, 0.6) is 5.75 Å². The van der Waals surface area contributed by atoms with Crippen LogP contribution in [0.15, 0.2) is 23.1 Å². The number of rotatable bonds is 7. The number of hydrogen-bond donors (Lipinski definition) is 2. The van der Waals surface area contributed by atoms with Crippen molar-refractivity contribution in [2.24, 2.45) is 0 Å². The minimum absolute atomic E-state index is 0. The van der Waals surface area contributed by atoms with Crippen LogP contribution in [0, 0.1) is 0 Å². The van der Waals surface area contributed by atoms with E-state index in [2.05, 4.69) is 10.6 Å². The summed E-state index contributed by atoms with van der Waals surface area (Å²) in [6.07, 6.45) is 2.39. The van der Waals surface area contributed by atoms with Gasteiger partial charge in [0.1, 0.15) is 5.75 Å². The average Bonchev–Trinajstić information content (AvgIpc) is 3.17. The van der Waals surface area contributed by atoms with Crippen LogP contribution in [0.1, 0.15) is 26.2 Å². The number of ether oxygens (including phenoxy) is 2. The number of benzene rings is 1. The van der Waals surface area contributed by atoms with E-state index in [0.29, 0.717) is 50.8 Å². The Morgan fingerprint density at radius 2 is 2.11 bits per heavy atom. The summed E-state index contributed by atoms with van der Waals surface area (Å²) in [6.45, 7) is 4.60. The molecule has 0 aromatic heterocycles. The number of morpholine rings is 1. The van der Waals surface area contributed by atoms with E-state index in [0.717, 1.165) is 19.4 Å². The number of sulfonamides is 1. The Morgan fingerprint density at radius 3 is 2.75 bits per heavy atom. The summed E-state index contributed by atoms with van der Waals surface area (Å²) in [6, 6.07) is 4.76.